The number of carbonyl (C=O) groups excluding carboxylic acids is 1. The number of likely N-dealkylation sites (tertiary alicyclic amines) is 1. The average molecular weight is 516 g/mol. The number of benzene rings is 2. The number of pyridine rings is 1. The average Bonchev–Trinajstić information content (AvgIpc) is 3.34. The first kappa shape index (κ1) is 26.0. The number of aryl methyl sites for hydroxylation is 2. The molecule has 2 aromatic carbocycles. The number of methoxy groups -OCH3 is 1. The number of hydrogen-bond donors (Lipinski definition) is 1. The van der Waals surface area contributed by atoms with Crippen molar-refractivity contribution in [2.75, 3.05) is 26.7 Å². The van der Waals surface area contributed by atoms with Gasteiger partial charge in [0.25, 0.3) is 11.7 Å². The molecule has 2 aliphatic heterocycles. The first-order valence-electron chi connectivity index (χ1n) is 13.5. The summed E-state index contributed by atoms with van der Waals surface area (Å²) in [6.45, 7) is 8.59. The van der Waals surface area contributed by atoms with E-state index in [1.807, 2.05) is 68.4 Å². The number of rotatable bonds is 8. The lowest BCUT2D eigenvalue weighted by atomic mass is 9.83. The van der Waals surface area contributed by atoms with Gasteiger partial charge in [-0.1, -0.05) is 12.1 Å². The maximum Gasteiger partial charge on any atom is 0.281 e. The van der Waals surface area contributed by atoms with Gasteiger partial charge in [-0.3, -0.25) is 9.78 Å². The number of aromatic nitrogens is 1. The Morgan fingerprint density at radius 1 is 1.08 bits per heavy atom. The summed E-state index contributed by atoms with van der Waals surface area (Å²) in [6.07, 6.45) is 4.53. The van der Waals surface area contributed by atoms with Gasteiger partial charge in [-0.15, -0.1) is 0 Å². The number of para-hydroxylation sites is 2. The highest BCUT2D eigenvalue weighted by Crippen LogP contribution is 2.50. The first-order chi connectivity index (χ1) is 18.4. The van der Waals surface area contributed by atoms with Gasteiger partial charge in [-0.2, -0.15) is 0 Å². The van der Waals surface area contributed by atoms with Crippen molar-refractivity contribution in [2.24, 2.45) is 5.92 Å². The van der Waals surface area contributed by atoms with Gasteiger partial charge in [0.2, 0.25) is 0 Å². The van der Waals surface area contributed by atoms with Gasteiger partial charge in [-0.05, 0) is 101 Å². The second-order valence-electron chi connectivity index (χ2n) is 10.3. The minimum absolute atomic E-state index is 0.0458. The summed E-state index contributed by atoms with van der Waals surface area (Å²) in [5, 5.41) is 3.10. The Kier molecular flexibility index (Phi) is 7.56. The molecular weight excluding hydrogens is 478 g/mol. The summed E-state index contributed by atoms with van der Waals surface area (Å²) in [5.74, 6) is 1.68. The lowest BCUT2D eigenvalue weighted by molar-refractivity contribution is -0.149. The van der Waals surface area contributed by atoms with E-state index in [1.54, 1.807) is 13.3 Å². The van der Waals surface area contributed by atoms with Crippen molar-refractivity contribution in [3.05, 3.63) is 83.2 Å². The second-order valence-corrected chi connectivity index (χ2v) is 10.3. The minimum Gasteiger partial charge on any atom is -0.497 e. The summed E-state index contributed by atoms with van der Waals surface area (Å²) >= 11 is 0. The van der Waals surface area contributed by atoms with Crippen LogP contribution in [0.3, 0.4) is 0 Å². The van der Waals surface area contributed by atoms with Crippen molar-refractivity contribution in [1.29, 1.82) is 0 Å². The van der Waals surface area contributed by atoms with E-state index in [9.17, 15) is 4.79 Å². The highest BCUT2D eigenvalue weighted by atomic mass is 16.7. The number of nitrogens with one attached hydrogen (secondary N) is 1. The van der Waals surface area contributed by atoms with Crippen LogP contribution in [0.1, 0.15) is 53.4 Å². The third kappa shape index (κ3) is 5.07. The standard InChI is InChI=1S/C31H37N3O4/c1-21-13-17-32-23(3)29(21)30(35)33-18-14-22(2)34-19-15-25(16-20-34)31(24-9-11-26(36-4)12-10-24)37-27-7-5-6-8-28(27)38-31/h5-13,17,22,25H,14-16,18-20H2,1-4H3,(H,33,35). The van der Waals surface area contributed by atoms with Crippen LogP contribution >= 0.6 is 0 Å². The normalized spacial score (nSPS) is 17.7. The van der Waals surface area contributed by atoms with Crippen LogP contribution in [0.15, 0.2) is 60.8 Å². The predicted molar refractivity (Wildman–Crippen MR) is 147 cm³/mol. The number of piperidine rings is 1. The van der Waals surface area contributed by atoms with Crippen molar-refractivity contribution in [3.8, 4) is 17.2 Å². The monoisotopic (exact) mass is 515 g/mol. The van der Waals surface area contributed by atoms with Gasteiger partial charge in [0.15, 0.2) is 11.5 Å². The summed E-state index contributed by atoms with van der Waals surface area (Å²) < 4.78 is 18.6. The van der Waals surface area contributed by atoms with E-state index in [0.29, 0.717) is 18.2 Å². The molecule has 3 heterocycles. The molecular formula is C31H37N3O4. The number of hydrogen-bond acceptors (Lipinski definition) is 6. The van der Waals surface area contributed by atoms with Crippen molar-refractivity contribution < 1.29 is 19.0 Å². The zero-order chi connectivity index (χ0) is 26.7. The Morgan fingerprint density at radius 2 is 1.74 bits per heavy atom. The molecule has 0 bridgehead atoms. The summed E-state index contributed by atoms with van der Waals surface area (Å²) in [7, 11) is 1.67. The molecule has 0 saturated carbocycles. The van der Waals surface area contributed by atoms with Crippen LogP contribution in [0.25, 0.3) is 0 Å². The highest BCUT2D eigenvalue weighted by molar-refractivity contribution is 5.96. The van der Waals surface area contributed by atoms with Gasteiger partial charge in [0, 0.05) is 30.3 Å². The highest BCUT2D eigenvalue weighted by Gasteiger charge is 2.51. The van der Waals surface area contributed by atoms with Gasteiger partial charge >= 0.3 is 0 Å². The number of carbonyl (C=O) groups is 1. The fourth-order valence-electron chi connectivity index (χ4n) is 5.73. The third-order valence-electron chi connectivity index (χ3n) is 7.98. The van der Waals surface area contributed by atoms with Crippen LogP contribution in [0.2, 0.25) is 0 Å². The smallest absolute Gasteiger partial charge is 0.281 e. The summed E-state index contributed by atoms with van der Waals surface area (Å²) in [4.78, 5) is 19.5. The van der Waals surface area contributed by atoms with Crippen LogP contribution in [-0.4, -0.2) is 48.6 Å². The van der Waals surface area contributed by atoms with Gasteiger partial charge in [-0.25, -0.2) is 0 Å². The van der Waals surface area contributed by atoms with E-state index in [0.717, 1.165) is 66.4 Å². The van der Waals surface area contributed by atoms with Gasteiger partial charge < -0.3 is 24.4 Å². The Hall–Kier alpha value is -3.58. The minimum atomic E-state index is -0.849. The van der Waals surface area contributed by atoms with E-state index in [-0.39, 0.29) is 11.8 Å². The topological polar surface area (TPSA) is 72.9 Å². The van der Waals surface area contributed by atoms with Crippen LogP contribution in [0, 0.1) is 19.8 Å². The molecule has 1 saturated heterocycles. The molecule has 1 amide bonds. The van der Waals surface area contributed by atoms with E-state index < -0.39 is 5.79 Å². The lowest BCUT2D eigenvalue weighted by Gasteiger charge is -2.42. The molecule has 1 atom stereocenters. The summed E-state index contributed by atoms with van der Waals surface area (Å²) in [6, 6.07) is 18.2. The predicted octanol–water partition coefficient (Wildman–Crippen LogP) is 5.25. The van der Waals surface area contributed by atoms with E-state index >= 15 is 0 Å². The molecule has 2 aliphatic rings. The van der Waals surface area contributed by atoms with E-state index in [2.05, 4.69) is 22.1 Å². The molecule has 38 heavy (non-hydrogen) atoms. The SMILES string of the molecule is COc1ccc(C2(C3CCN(C(C)CCNC(=O)c4c(C)ccnc4C)CC3)Oc3ccccc3O2)cc1. The lowest BCUT2D eigenvalue weighted by Crippen LogP contribution is -2.50. The van der Waals surface area contributed by atoms with Crippen molar-refractivity contribution >= 4 is 5.91 Å². The number of amides is 1. The molecule has 1 unspecified atom stereocenters. The van der Waals surface area contributed by atoms with Crippen molar-refractivity contribution in [3.63, 3.8) is 0 Å². The molecule has 7 heteroatoms. The molecule has 1 fully saturated rings. The quantitative estimate of drug-likeness (QED) is 0.442. The number of nitrogens with zero attached hydrogens (tertiary/aromatic N) is 2. The van der Waals surface area contributed by atoms with Crippen LogP contribution < -0.4 is 19.5 Å². The van der Waals surface area contributed by atoms with Crippen molar-refractivity contribution in [2.45, 2.75) is 51.9 Å². The zero-order valence-corrected chi connectivity index (χ0v) is 22.7. The van der Waals surface area contributed by atoms with E-state index in [4.69, 9.17) is 14.2 Å². The van der Waals surface area contributed by atoms with E-state index in [1.165, 1.54) is 0 Å². The first-order valence-corrected chi connectivity index (χ1v) is 13.5. The second kappa shape index (κ2) is 11.0. The fourth-order valence-corrected chi connectivity index (χ4v) is 5.73. The van der Waals surface area contributed by atoms with Gasteiger partial charge in [0.1, 0.15) is 5.75 Å². The van der Waals surface area contributed by atoms with Crippen LogP contribution in [0.5, 0.6) is 17.2 Å². The molecule has 0 spiro atoms. The Morgan fingerprint density at radius 3 is 2.34 bits per heavy atom. The van der Waals surface area contributed by atoms with Crippen LogP contribution in [-0.2, 0) is 5.79 Å². The van der Waals surface area contributed by atoms with Gasteiger partial charge in [0.05, 0.1) is 18.4 Å². The Bertz CT molecular complexity index is 1220. The number of ether oxygens (including phenoxy) is 3. The maximum atomic E-state index is 12.7. The molecule has 0 radical (unpaired) electrons. The Balaban J connectivity index is 1.21. The molecule has 1 N–H and O–H groups in total. The maximum absolute atomic E-state index is 12.7. The molecule has 5 rings (SSSR count). The van der Waals surface area contributed by atoms with Crippen molar-refractivity contribution in [1.82, 2.24) is 15.2 Å². The number of fused-ring (bicyclic) bond motifs is 1. The molecule has 3 aromatic rings. The molecule has 0 aliphatic carbocycles. The fraction of sp³-hybridized carbons (Fsp3) is 0.419. The molecule has 200 valence electrons. The summed E-state index contributed by atoms with van der Waals surface area (Å²) in [5.41, 5.74) is 3.41. The largest absolute Gasteiger partial charge is 0.497 e. The third-order valence-corrected chi connectivity index (χ3v) is 7.98. The Labute approximate surface area is 225 Å². The molecule has 7 nitrogen and oxygen atoms in total. The molecule has 1 aromatic heterocycles. The van der Waals surface area contributed by atoms with Crippen LogP contribution in [0.4, 0.5) is 0 Å². The zero-order valence-electron chi connectivity index (χ0n) is 22.7.